The molecule has 1 saturated heterocycles. The van der Waals surface area contributed by atoms with Crippen LogP contribution in [-0.2, 0) is 4.74 Å². The zero-order chi connectivity index (χ0) is 21.1. The molecule has 29 heavy (non-hydrogen) atoms. The van der Waals surface area contributed by atoms with E-state index < -0.39 is 37.3 Å². The Kier molecular flexibility index (Phi) is 6.26. The molecule has 0 radical (unpaired) electrons. The van der Waals surface area contributed by atoms with Crippen LogP contribution < -0.4 is 4.74 Å². The van der Waals surface area contributed by atoms with Crippen LogP contribution in [0.3, 0.4) is 0 Å². The zero-order valence-electron chi connectivity index (χ0n) is 15.2. The van der Waals surface area contributed by atoms with Crippen LogP contribution in [0.15, 0.2) is 36.4 Å². The second-order valence-electron chi connectivity index (χ2n) is 6.65. The first-order valence-corrected chi connectivity index (χ1v) is 8.80. The maximum absolute atomic E-state index is 10.1. The molecule has 3 rings (SSSR count). The van der Waals surface area contributed by atoms with Gasteiger partial charge in [-0.25, -0.2) is 0 Å². The molecule has 2 aromatic carbocycles. The van der Waals surface area contributed by atoms with Gasteiger partial charge in [0.15, 0.2) is 0 Å². The Labute approximate surface area is 165 Å². The number of hydrogen-bond donors (Lipinski definition) is 7. The third-order valence-electron chi connectivity index (χ3n) is 4.47. The Morgan fingerprint density at radius 1 is 0.828 bits per heavy atom. The van der Waals surface area contributed by atoms with Crippen molar-refractivity contribution in [2.24, 2.45) is 0 Å². The number of aliphatic hydroxyl groups is 4. The molecule has 1 heterocycles. The largest absolute Gasteiger partial charge is 0.508 e. The molecule has 7 N–H and O–H groups in total. The molecule has 0 amide bonds. The van der Waals surface area contributed by atoms with Gasteiger partial charge in [-0.2, -0.15) is 0 Å². The lowest BCUT2D eigenvalue weighted by molar-refractivity contribution is -0.277. The van der Waals surface area contributed by atoms with Crippen LogP contribution in [0.1, 0.15) is 11.1 Å². The standard InChI is InChI=1S/C20H22O9/c21-9-16-17(25)18(26)19(27)20(29-16)28-15-8-12(22)4-3-11(15)2-1-10-5-13(23)7-14(24)6-10/h1-8,16-27H,9H2/b2-1+/t16-,17-,18+,19-,20-/m0/s1. The lowest BCUT2D eigenvalue weighted by Crippen LogP contribution is -2.60. The quantitative estimate of drug-likeness (QED) is 0.343. The van der Waals surface area contributed by atoms with Crippen molar-refractivity contribution in [3.63, 3.8) is 0 Å². The summed E-state index contributed by atoms with van der Waals surface area (Å²) in [6.45, 7) is -0.599. The van der Waals surface area contributed by atoms with E-state index >= 15 is 0 Å². The van der Waals surface area contributed by atoms with Crippen molar-refractivity contribution < 1.29 is 45.2 Å². The number of benzene rings is 2. The molecule has 9 heteroatoms. The fraction of sp³-hybridized carbons (Fsp3) is 0.300. The van der Waals surface area contributed by atoms with Crippen molar-refractivity contribution in [3.8, 4) is 23.0 Å². The Hall–Kier alpha value is -2.82. The lowest BCUT2D eigenvalue weighted by Gasteiger charge is -2.39. The summed E-state index contributed by atoms with van der Waals surface area (Å²) >= 11 is 0. The average Bonchev–Trinajstić information content (AvgIpc) is 2.67. The van der Waals surface area contributed by atoms with Gasteiger partial charge < -0.3 is 45.2 Å². The first-order valence-electron chi connectivity index (χ1n) is 8.80. The van der Waals surface area contributed by atoms with Gasteiger partial charge in [-0.1, -0.05) is 12.2 Å². The van der Waals surface area contributed by atoms with Crippen LogP contribution in [-0.4, -0.2) is 73.1 Å². The fourth-order valence-electron chi connectivity index (χ4n) is 2.95. The highest BCUT2D eigenvalue weighted by Gasteiger charge is 2.44. The molecule has 2 aromatic rings. The van der Waals surface area contributed by atoms with E-state index in [0.29, 0.717) is 11.1 Å². The Balaban J connectivity index is 1.86. The zero-order valence-corrected chi connectivity index (χ0v) is 15.2. The molecule has 0 spiro atoms. The van der Waals surface area contributed by atoms with E-state index in [9.17, 15) is 35.7 Å². The molecule has 0 unspecified atom stereocenters. The molecule has 0 aliphatic carbocycles. The molecular formula is C20H22O9. The smallest absolute Gasteiger partial charge is 0.229 e. The van der Waals surface area contributed by atoms with Gasteiger partial charge in [-0.3, -0.25) is 0 Å². The SMILES string of the molecule is OC[C@@H]1O[C@H](Oc2cc(O)ccc2/C=C/c2cc(O)cc(O)c2)[C@@H](O)[C@H](O)[C@H]1O. The summed E-state index contributed by atoms with van der Waals surface area (Å²) in [4.78, 5) is 0. The van der Waals surface area contributed by atoms with E-state index in [-0.39, 0.29) is 23.0 Å². The maximum atomic E-state index is 10.1. The maximum Gasteiger partial charge on any atom is 0.229 e. The van der Waals surface area contributed by atoms with Crippen molar-refractivity contribution in [3.05, 3.63) is 47.5 Å². The van der Waals surface area contributed by atoms with Gasteiger partial charge in [0.1, 0.15) is 47.4 Å². The van der Waals surface area contributed by atoms with E-state index in [1.165, 1.54) is 36.4 Å². The van der Waals surface area contributed by atoms with Gasteiger partial charge >= 0.3 is 0 Å². The minimum Gasteiger partial charge on any atom is -0.508 e. The predicted octanol–water partition coefficient (Wildman–Crippen LogP) is 0.152. The average molecular weight is 406 g/mol. The summed E-state index contributed by atoms with van der Waals surface area (Å²) in [7, 11) is 0. The molecular weight excluding hydrogens is 384 g/mol. The molecule has 0 aromatic heterocycles. The van der Waals surface area contributed by atoms with E-state index in [2.05, 4.69) is 0 Å². The molecule has 1 aliphatic heterocycles. The Morgan fingerprint density at radius 2 is 1.52 bits per heavy atom. The van der Waals surface area contributed by atoms with Gasteiger partial charge in [0, 0.05) is 17.7 Å². The Morgan fingerprint density at radius 3 is 2.17 bits per heavy atom. The fourth-order valence-corrected chi connectivity index (χ4v) is 2.95. The second-order valence-corrected chi connectivity index (χ2v) is 6.65. The molecule has 1 fully saturated rings. The lowest BCUT2D eigenvalue weighted by atomic mass is 9.99. The van der Waals surface area contributed by atoms with Gasteiger partial charge in [-0.15, -0.1) is 0 Å². The normalized spacial score (nSPS) is 27.2. The predicted molar refractivity (Wildman–Crippen MR) is 101 cm³/mol. The third kappa shape index (κ3) is 4.78. The molecule has 1 aliphatic rings. The number of aliphatic hydroxyl groups excluding tert-OH is 4. The van der Waals surface area contributed by atoms with Crippen molar-refractivity contribution >= 4 is 12.2 Å². The van der Waals surface area contributed by atoms with Crippen LogP contribution in [0.4, 0.5) is 0 Å². The monoisotopic (exact) mass is 406 g/mol. The van der Waals surface area contributed by atoms with E-state index in [4.69, 9.17) is 9.47 Å². The first-order chi connectivity index (χ1) is 13.8. The molecule has 5 atom stereocenters. The van der Waals surface area contributed by atoms with Crippen molar-refractivity contribution in [2.75, 3.05) is 6.61 Å². The topological polar surface area (TPSA) is 160 Å². The minimum absolute atomic E-state index is 0.0926. The molecule has 0 bridgehead atoms. The van der Waals surface area contributed by atoms with Crippen LogP contribution in [0, 0.1) is 0 Å². The second kappa shape index (κ2) is 8.68. The van der Waals surface area contributed by atoms with Gasteiger partial charge in [0.25, 0.3) is 0 Å². The summed E-state index contributed by atoms with van der Waals surface area (Å²) in [5.74, 6) is -0.270. The first kappa shape index (κ1) is 20.9. The summed E-state index contributed by atoms with van der Waals surface area (Å²) in [6, 6.07) is 8.23. The summed E-state index contributed by atoms with van der Waals surface area (Å²) in [6.07, 6.45) is -4.11. The Bertz CT molecular complexity index is 860. The summed E-state index contributed by atoms with van der Waals surface area (Å²) in [5, 5.41) is 68.1. The molecule has 156 valence electrons. The van der Waals surface area contributed by atoms with Gasteiger partial charge in [0.05, 0.1) is 6.61 Å². The highest BCUT2D eigenvalue weighted by molar-refractivity contribution is 5.74. The van der Waals surface area contributed by atoms with Crippen LogP contribution >= 0.6 is 0 Å². The van der Waals surface area contributed by atoms with Gasteiger partial charge in [-0.05, 0) is 29.8 Å². The van der Waals surface area contributed by atoms with Crippen LogP contribution in [0.25, 0.3) is 12.2 Å². The van der Waals surface area contributed by atoms with E-state index in [1.54, 1.807) is 12.2 Å². The number of phenolic OH excluding ortho intramolecular Hbond substituents is 3. The van der Waals surface area contributed by atoms with Crippen LogP contribution in [0.2, 0.25) is 0 Å². The molecule has 9 nitrogen and oxygen atoms in total. The highest BCUT2D eigenvalue weighted by Crippen LogP contribution is 2.31. The number of rotatable bonds is 5. The molecule has 0 saturated carbocycles. The number of ether oxygens (including phenoxy) is 2. The van der Waals surface area contributed by atoms with Crippen molar-refractivity contribution in [1.29, 1.82) is 0 Å². The minimum atomic E-state index is -1.60. The summed E-state index contributed by atoms with van der Waals surface area (Å²) in [5.41, 5.74) is 0.942. The highest BCUT2D eigenvalue weighted by atomic mass is 16.7. The van der Waals surface area contributed by atoms with Gasteiger partial charge in [0.2, 0.25) is 6.29 Å². The van der Waals surface area contributed by atoms with E-state index in [1.807, 2.05) is 0 Å². The number of aromatic hydroxyl groups is 3. The van der Waals surface area contributed by atoms with E-state index in [0.717, 1.165) is 0 Å². The van der Waals surface area contributed by atoms with Crippen LogP contribution in [0.5, 0.6) is 23.0 Å². The number of hydrogen-bond acceptors (Lipinski definition) is 9. The summed E-state index contributed by atoms with van der Waals surface area (Å²) < 4.78 is 10.9. The number of phenols is 3. The van der Waals surface area contributed by atoms with Crippen molar-refractivity contribution in [1.82, 2.24) is 0 Å². The third-order valence-corrected chi connectivity index (χ3v) is 4.47. The van der Waals surface area contributed by atoms with Crippen molar-refractivity contribution in [2.45, 2.75) is 30.7 Å².